The Balaban J connectivity index is 1.79. The summed E-state index contributed by atoms with van der Waals surface area (Å²) in [5, 5.41) is 6.53. The van der Waals surface area contributed by atoms with E-state index in [0.29, 0.717) is 28.9 Å². The molecule has 7 heteroatoms. The molecule has 138 valence electrons. The maximum absolute atomic E-state index is 12.6. The van der Waals surface area contributed by atoms with Gasteiger partial charge >= 0.3 is 0 Å². The number of ether oxygens (including phenoxy) is 1. The van der Waals surface area contributed by atoms with E-state index < -0.39 is 0 Å². The van der Waals surface area contributed by atoms with Crippen molar-refractivity contribution in [2.24, 2.45) is 0 Å². The molecule has 0 unspecified atom stereocenters. The van der Waals surface area contributed by atoms with E-state index in [0.717, 1.165) is 11.3 Å². The minimum Gasteiger partial charge on any atom is -0.492 e. The Morgan fingerprint density at radius 2 is 1.93 bits per heavy atom. The first kappa shape index (κ1) is 18.7. The highest BCUT2D eigenvalue weighted by Crippen LogP contribution is 2.27. The van der Waals surface area contributed by atoms with E-state index in [1.54, 1.807) is 18.2 Å². The molecule has 0 fully saturated rings. The number of carbonyl (C=O) groups excluding carboxylic acids is 1. The zero-order valence-corrected chi connectivity index (χ0v) is 15.7. The van der Waals surface area contributed by atoms with Crippen LogP contribution in [0, 0.1) is 6.92 Å². The highest BCUT2D eigenvalue weighted by molar-refractivity contribution is 6.31. The van der Waals surface area contributed by atoms with Crippen molar-refractivity contribution >= 4 is 34.7 Å². The van der Waals surface area contributed by atoms with E-state index in [-0.39, 0.29) is 11.6 Å². The van der Waals surface area contributed by atoms with Gasteiger partial charge < -0.3 is 15.4 Å². The van der Waals surface area contributed by atoms with Gasteiger partial charge in [-0.05, 0) is 43.7 Å². The van der Waals surface area contributed by atoms with Gasteiger partial charge in [-0.3, -0.25) is 4.79 Å². The SMILES string of the molecule is CCOc1ccccc1Nc1cc(C(=O)Nc2cc(Cl)ccc2C)ncn1. The van der Waals surface area contributed by atoms with E-state index in [2.05, 4.69) is 20.6 Å². The van der Waals surface area contributed by atoms with E-state index >= 15 is 0 Å². The third-order valence-corrected chi connectivity index (χ3v) is 4.03. The van der Waals surface area contributed by atoms with Crippen molar-refractivity contribution in [1.82, 2.24) is 9.97 Å². The fraction of sp³-hybridized carbons (Fsp3) is 0.150. The van der Waals surface area contributed by atoms with Gasteiger partial charge in [0, 0.05) is 16.8 Å². The Bertz CT molecular complexity index is 962. The maximum atomic E-state index is 12.6. The summed E-state index contributed by atoms with van der Waals surface area (Å²) < 4.78 is 5.59. The largest absolute Gasteiger partial charge is 0.492 e. The Kier molecular flexibility index (Phi) is 5.88. The predicted molar refractivity (Wildman–Crippen MR) is 107 cm³/mol. The number of carbonyl (C=O) groups is 1. The number of benzene rings is 2. The minimum absolute atomic E-state index is 0.237. The monoisotopic (exact) mass is 382 g/mol. The Labute approximate surface area is 162 Å². The topological polar surface area (TPSA) is 76.1 Å². The number of aromatic nitrogens is 2. The van der Waals surface area contributed by atoms with Crippen LogP contribution in [-0.2, 0) is 0 Å². The molecule has 0 atom stereocenters. The molecule has 0 aliphatic rings. The van der Waals surface area contributed by atoms with E-state index in [1.807, 2.05) is 44.2 Å². The summed E-state index contributed by atoms with van der Waals surface area (Å²) in [5.74, 6) is 0.855. The van der Waals surface area contributed by atoms with Crippen LogP contribution in [0.25, 0.3) is 0 Å². The lowest BCUT2D eigenvalue weighted by molar-refractivity contribution is 0.102. The predicted octanol–water partition coefficient (Wildman–Crippen LogP) is 4.83. The van der Waals surface area contributed by atoms with Gasteiger partial charge in [0.2, 0.25) is 0 Å². The molecular formula is C20H19ClN4O2. The van der Waals surface area contributed by atoms with Crippen LogP contribution in [-0.4, -0.2) is 22.5 Å². The fourth-order valence-corrected chi connectivity index (χ4v) is 2.63. The number of hydrogen-bond acceptors (Lipinski definition) is 5. The van der Waals surface area contributed by atoms with E-state index in [1.165, 1.54) is 6.33 Å². The number of halogens is 1. The van der Waals surface area contributed by atoms with Crippen LogP contribution in [0.3, 0.4) is 0 Å². The second-order valence-electron chi connectivity index (χ2n) is 5.76. The number of nitrogens with one attached hydrogen (secondary N) is 2. The Hall–Kier alpha value is -3.12. The Morgan fingerprint density at radius 3 is 2.74 bits per heavy atom. The number of amides is 1. The molecule has 0 radical (unpaired) electrons. The first-order valence-electron chi connectivity index (χ1n) is 8.45. The van der Waals surface area contributed by atoms with Crippen molar-refractivity contribution in [2.75, 3.05) is 17.2 Å². The lowest BCUT2D eigenvalue weighted by atomic mass is 10.2. The summed E-state index contributed by atoms with van der Waals surface area (Å²) in [4.78, 5) is 20.8. The van der Waals surface area contributed by atoms with Crippen molar-refractivity contribution in [1.29, 1.82) is 0 Å². The first-order chi connectivity index (χ1) is 13.1. The van der Waals surface area contributed by atoms with Gasteiger partial charge in [0.05, 0.1) is 12.3 Å². The maximum Gasteiger partial charge on any atom is 0.274 e. The van der Waals surface area contributed by atoms with Gasteiger partial charge in [-0.1, -0.05) is 29.8 Å². The van der Waals surface area contributed by atoms with E-state index in [4.69, 9.17) is 16.3 Å². The zero-order valence-electron chi connectivity index (χ0n) is 15.0. The molecular weight excluding hydrogens is 364 g/mol. The van der Waals surface area contributed by atoms with Crippen molar-refractivity contribution in [3.05, 3.63) is 71.1 Å². The lowest BCUT2D eigenvalue weighted by Gasteiger charge is -2.12. The van der Waals surface area contributed by atoms with Crippen LogP contribution in [0.15, 0.2) is 54.9 Å². The number of hydrogen-bond donors (Lipinski definition) is 2. The molecule has 1 heterocycles. The number of rotatable bonds is 6. The molecule has 1 amide bonds. The highest BCUT2D eigenvalue weighted by atomic mass is 35.5. The van der Waals surface area contributed by atoms with Crippen LogP contribution in [0.1, 0.15) is 23.0 Å². The number of nitrogens with zero attached hydrogens (tertiary/aromatic N) is 2. The quantitative estimate of drug-likeness (QED) is 0.638. The first-order valence-corrected chi connectivity index (χ1v) is 8.83. The second-order valence-corrected chi connectivity index (χ2v) is 6.19. The van der Waals surface area contributed by atoms with Crippen LogP contribution in [0.4, 0.5) is 17.2 Å². The second kappa shape index (κ2) is 8.51. The average molecular weight is 383 g/mol. The summed E-state index contributed by atoms with van der Waals surface area (Å²) in [7, 11) is 0. The van der Waals surface area contributed by atoms with Crippen LogP contribution in [0.2, 0.25) is 5.02 Å². The number of aryl methyl sites for hydroxylation is 1. The zero-order chi connectivity index (χ0) is 19.2. The molecule has 3 rings (SSSR count). The minimum atomic E-state index is -0.344. The van der Waals surface area contributed by atoms with Crippen LogP contribution in [0.5, 0.6) is 5.75 Å². The van der Waals surface area contributed by atoms with Gasteiger partial charge in [0.25, 0.3) is 5.91 Å². The molecule has 6 nitrogen and oxygen atoms in total. The molecule has 0 saturated carbocycles. The van der Waals surface area contributed by atoms with Gasteiger partial charge in [-0.25, -0.2) is 9.97 Å². The van der Waals surface area contributed by atoms with Crippen molar-refractivity contribution in [3.63, 3.8) is 0 Å². The summed E-state index contributed by atoms with van der Waals surface area (Å²) in [5.41, 5.74) is 2.55. The van der Waals surface area contributed by atoms with Crippen molar-refractivity contribution in [2.45, 2.75) is 13.8 Å². The molecule has 0 bridgehead atoms. The molecule has 2 N–H and O–H groups in total. The molecule has 3 aromatic rings. The van der Waals surface area contributed by atoms with Crippen molar-refractivity contribution in [3.8, 4) is 5.75 Å². The molecule has 27 heavy (non-hydrogen) atoms. The fourth-order valence-electron chi connectivity index (χ4n) is 2.45. The van der Waals surface area contributed by atoms with Crippen LogP contribution >= 0.6 is 11.6 Å². The summed E-state index contributed by atoms with van der Waals surface area (Å²) >= 11 is 6.00. The standard InChI is InChI=1S/C20H19ClN4O2/c1-3-27-18-7-5-4-6-15(18)24-19-11-17(22-12-23-19)20(26)25-16-10-14(21)9-8-13(16)2/h4-12H,3H2,1-2H3,(H,25,26)(H,22,23,24). The van der Waals surface area contributed by atoms with Gasteiger partial charge in [0.1, 0.15) is 23.6 Å². The lowest BCUT2D eigenvalue weighted by Crippen LogP contribution is -2.15. The van der Waals surface area contributed by atoms with Crippen LogP contribution < -0.4 is 15.4 Å². The molecule has 0 aliphatic heterocycles. The molecule has 1 aromatic heterocycles. The van der Waals surface area contributed by atoms with Gasteiger partial charge in [-0.15, -0.1) is 0 Å². The normalized spacial score (nSPS) is 10.3. The summed E-state index contributed by atoms with van der Waals surface area (Å²) in [6.45, 7) is 4.36. The number of anilines is 3. The third kappa shape index (κ3) is 4.74. The smallest absolute Gasteiger partial charge is 0.274 e. The molecule has 0 aliphatic carbocycles. The Morgan fingerprint density at radius 1 is 1.11 bits per heavy atom. The van der Waals surface area contributed by atoms with Gasteiger partial charge in [-0.2, -0.15) is 0 Å². The molecule has 2 aromatic carbocycles. The third-order valence-electron chi connectivity index (χ3n) is 3.80. The average Bonchev–Trinajstić information content (AvgIpc) is 2.67. The molecule has 0 spiro atoms. The van der Waals surface area contributed by atoms with E-state index in [9.17, 15) is 4.79 Å². The van der Waals surface area contributed by atoms with Crippen molar-refractivity contribution < 1.29 is 9.53 Å². The van der Waals surface area contributed by atoms with Gasteiger partial charge in [0.15, 0.2) is 0 Å². The number of para-hydroxylation sites is 2. The molecule has 0 saturated heterocycles. The summed E-state index contributed by atoms with van der Waals surface area (Å²) in [6, 6.07) is 14.4. The highest BCUT2D eigenvalue weighted by Gasteiger charge is 2.12. The summed E-state index contributed by atoms with van der Waals surface area (Å²) in [6.07, 6.45) is 1.34.